The van der Waals surface area contributed by atoms with E-state index in [1.165, 1.54) is 6.07 Å². The first-order valence-electron chi connectivity index (χ1n) is 12.5. The standard InChI is InChI=1S/C31H29NO8/c1-21(28-6-4-5-7-29(28)32(35)36)20-39-30(33)40-27-18-12-24(13-19-27)31(34,22-8-14-25(37-2)15-9-22)23-10-16-26(38-3)17-11-23/h4-19,21,34H,20H2,1-3H3. The summed E-state index contributed by atoms with van der Waals surface area (Å²) in [5.41, 5.74) is 0.640. The molecule has 0 radical (unpaired) electrons. The number of nitro benzene ring substituents is 1. The fourth-order valence-electron chi connectivity index (χ4n) is 4.41. The Kier molecular flexibility index (Phi) is 8.66. The molecule has 9 heteroatoms. The molecule has 0 heterocycles. The maximum Gasteiger partial charge on any atom is 0.513 e. The Labute approximate surface area is 231 Å². The van der Waals surface area contributed by atoms with Crippen LogP contribution in [0, 0.1) is 10.1 Å². The number of hydrogen-bond donors (Lipinski definition) is 1. The number of carbonyl (C=O) groups excluding carboxylic acids is 1. The van der Waals surface area contributed by atoms with Crippen LogP contribution in [0.15, 0.2) is 97.1 Å². The van der Waals surface area contributed by atoms with Gasteiger partial charge >= 0.3 is 6.16 Å². The molecule has 0 saturated carbocycles. The molecule has 4 rings (SSSR count). The second kappa shape index (κ2) is 12.3. The van der Waals surface area contributed by atoms with E-state index in [4.69, 9.17) is 18.9 Å². The van der Waals surface area contributed by atoms with E-state index in [-0.39, 0.29) is 18.0 Å². The van der Waals surface area contributed by atoms with Crippen molar-refractivity contribution >= 4 is 11.8 Å². The monoisotopic (exact) mass is 543 g/mol. The van der Waals surface area contributed by atoms with E-state index in [1.54, 1.807) is 112 Å². The minimum Gasteiger partial charge on any atom is -0.497 e. The van der Waals surface area contributed by atoms with Gasteiger partial charge in [0.05, 0.1) is 19.1 Å². The third kappa shape index (κ3) is 6.05. The first-order chi connectivity index (χ1) is 19.3. The van der Waals surface area contributed by atoms with Gasteiger partial charge in [-0.15, -0.1) is 0 Å². The van der Waals surface area contributed by atoms with Gasteiger partial charge in [0.25, 0.3) is 5.69 Å². The van der Waals surface area contributed by atoms with Crippen molar-refractivity contribution in [1.82, 2.24) is 0 Å². The highest BCUT2D eigenvalue weighted by atomic mass is 16.7. The minimum atomic E-state index is -1.53. The highest BCUT2D eigenvalue weighted by molar-refractivity contribution is 5.64. The molecule has 0 spiro atoms. The van der Waals surface area contributed by atoms with Gasteiger partial charge < -0.3 is 24.1 Å². The number of hydrogen-bond acceptors (Lipinski definition) is 8. The number of methoxy groups -OCH3 is 2. The van der Waals surface area contributed by atoms with E-state index >= 15 is 0 Å². The number of benzene rings is 4. The normalized spacial score (nSPS) is 11.8. The number of aliphatic hydroxyl groups is 1. The molecule has 0 fully saturated rings. The number of rotatable bonds is 10. The average molecular weight is 544 g/mol. The number of carbonyl (C=O) groups is 1. The lowest BCUT2D eigenvalue weighted by molar-refractivity contribution is -0.385. The summed E-state index contributed by atoms with van der Waals surface area (Å²) in [4.78, 5) is 23.2. The van der Waals surface area contributed by atoms with Crippen LogP contribution in [0.3, 0.4) is 0 Å². The molecule has 4 aromatic rings. The Morgan fingerprint density at radius 2 is 1.25 bits per heavy atom. The molecule has 206 valence electrons. The summed E-state index contributed by atoms with van der Waals surface area (Å²) < 4.78 is 21.1. The van der Waals surface area contributed by atoms with Crippen LogP contribution >= 0.6 is 0 Å². The Morgan fingerprint density at radius 1 is 0.800 bits per heavy atom. The summed E-state index contributed by atoms with van der Waals surface area (Å²) in [7, 11) is 3.14. The summed E-state index contributed by atoms with van der Waals surface area (Å²) in [5.74, 6) is 1.10. The highest BCUT2D eigenvalue weighted by Gasteiger charge is 2.34. The zero-order valence-electron chi connectivity index (χ0n) is 22.3. The Bertz CT molecular complexity index is 1400. The molecule has 0 bridgehead atoms. The van der Waals surface area contributed by atoms with Gasteiger partial charge in [0.15, 0.2) is 0 Å². The molecule has 1 atom stereocenters. The lowest BCUT2D eigenvalue weighted by Crippen LogP contribution is -2.28. The summed E-state index contributed by atoms with van der Waals surface area (Å²) in [6.07, 6.45) is -0.946. The van der Waals surface area contributed by atoms with Crippen LogP contribution in [-0.2, 0) is 10.3 Å². The topological polar surface area (TPSA) is 117 Å². The fraction of sp³-hybridized carbons (Fsp3) is 0.194. The Hall–Kier alpha value is -4.89. The van der Waals surface area contributed by atoms with Crippen LogP contribution in [0.2, 0.25) is 0 Å². The van der Waals surface area contributed by atoms with Crippen molar-refractivity contribution < 1.29 is 33.8 Å². The Morgan fingerprint density at radius 3 is 1.70 bits per heavy atom. The number of nitro groups is 1. The van der Waals surface area contributed by atoms with Crippen LogP contribution in [0.25, 0.3) is 0 Å². The van der Waals surface area contributed by atoms with Crippen molar-refractivity contribution in [3.8, 4) is 17.2 Å². The highest BCUT2D eigenvalue weighted by Crippen LogP contribution is 2.38. The number of para-hydroxylation sites is 1. The van der Waals surface area contributed by atoms with Gasteiger partial charge in [-0.1, -0.05) is 61.5 Å². The zero-order chi connectivity index (χ0) is 28.7. The first-order valence-corrected chi connectivity index (χ1v) is 12.5. The summed E-state index contributed by atoms with van der Waals surface area (Å²) in [6.45, 7) is 1.63. The van der Waals surface area contributed by atoms with E-state index in [2.05, 4.69) is 0 Å². The smallest absolute Gasteiger partial charge is 0.497 e. The van der Waals surface area contributed by atoms with E-state index in [0.29, 0.717) is 33.8 Å². The third-order valence-electron chi connectivity index (χ3n) is 6.60. The van der Waals surface area contributed by atoms with E-state index in [9.17, 15) is 20.0 Å². The minimum absolute atomic E-state index is 0.0382. The fourth-order valence-corrected chi connectivity index (χ4v) is 4.41. The van der Waals surface area contributed by atoms with E-state index in [0.717, 1.165) is 0 Å². The maximum atomic E-state index is 12.4. The van der Waals surface area contributed by atoms with Crippen LogP contribution in [0.1, 0.15) is 35.1 Å². The number of nitrogens with zero attached hydrogens (tertiary/aromatic N) is 1. The molecule has 1 N–H and O–H groups in total. The summed E-state index contributed by atoms with van der Waals surface area (Å²) in [6, 6.07) is 26.9. The summed E-state index contributed by atoms with van der Waals surface area (Å²) in [5, 5.41) is 23.4. The zero-order valence-corrected chi connectivity index (χ0v) is 22.3. The molecule has 0 amide bonds. The second-order valence-electron chi connectivity index (χ2n) is 9.07. The van der Waals surface area contributed by atoms with Gasteiger partial charge in [-0.3, -0.25) is 10.1 Å². The van der Waals surface area contributed by atoms with Gasteiger partial charge in [0, 0.05) is 17.5 Å². The third-order valence-corrected chi connectivity index (χ3v) is 6.60. The van der Waals surface area contributed by atoms with Crippen molar-refractivity contribution in [1.29, 1.82) is 0 Å². The molecule has 1 unspecified atom stereocenters. The van der Waals surface area contributed by atoms with Gasteiger partial charge in [0.1, 0.15) is 29.5 Å². The van der Waals surface area contributed by atoms with Gasteiger partial charge in [-0.05, 0) is 53.1 Å². The lowest BCUT2D eigenvalue weighted by atomic mass is 9.80. The molecular weight excluding hydrogens is 514 g/mol. The molecule has 0 aliphatic carbocycles. The van der Waals surface area contributed by atoms with Gasteiger partial charge in [0.2, 0.25) is 0 Å². The van der Waals surface area contributed by atoms with Crippen molar-refractivity contribution in [2.24, 2.45) is 0 Å². The molecular formula is C31H29NO8. The molecule has 0 aromatic heterocycles. The predicted molar refractivity (Wildman–Crippen MR) is 148 cm³/mol. The van der Waals surface area contributed by atoms with E-state index < -0.39 is 22.6 Å². The Balaban J connectivity index is 1.51. The number of ether oxygens (including phenoxy) is 4. The van der Waals surface area contributed by atoms with Crippen molar-refractivity contribution in [3.05, 3.63) is 129 Å². The largest absolute Gasteiger partial charge is 0.513 e. The average Bonchev–Trinajstić information content (AvgIpc) is 3.00. The van der Waals surface area contributed by atoms with Crippen molar-refractivity contribution in [2.45, 2.75) is 18.4 Å². The molecule has 0 saturated heterocycles. The maximum absolute atomic E-state index is 12.4. The van der Waals surface area contributed by atoms with Crippen LogP contribution in [-0.4, -0.2) is 37.0 Å². The van der Waals surface area contributed by atoms with Gasteiger partial charge in [-0.2, -0.15) is 0 Å². The van der Waals surface area contributed by atoms with E-state index in [1.807, 2.05) is 0 Å². The lowest BCUT2D eigenvalue weighted by Gasteiger charge is -2.30. The summed E-state index contributed by atoms with van der Waals surface area (Å²) >= 11 is 0. The molecule has 4 aromatic carbocycles. The molecule has 0 aliphatic heterocycles. The van der Waals surface area contributed by atoms with Crippen LogP contribution < -0.4 is 14.2 Å². The quantitative estimate of drug-likeness (QED) is 0.0824. The van der Waals surface area contributed by atoms with Crippen molar-refractivity contribution in [2.75, 3.05) is 20.8 Å². The van der Waals surface area contributed by atoms with Crippen molar-refractivity contribution in [3.63, 3.8) is 0 Å². The predicted octanol–water partition coefficient (Wildman–Crippen LogP) is 6.22. The first kappa shape index (κ1) is 28.1. The second-order valence-corrected chi connectivity index (χ2v) is 9.07. The van der Waals surface area contributed by atoms with Crippen LogP contribution in [0.5, 0.6) is 17.2 Å². The molecule has 9 nitrogen and oxygen atoms in total. The molecule has 0 aliphatic rings. The van der Waals surface area contributed by atoms with Crippen LogP contribution in [0.4, 0.5) is 10.5 Å². The molecule has 40 heavy (non-hydrogen) atoms. The SMILES string of the molecule is COc1ccc(C(O)(c2ccc(OC)cc2)c2ccc(OC(=O)OCC(C)c3ccccc3[N+](=O)[O-])cc2)cc1. The van der Waals surface area contributed by atoms with Gasteiger partial charge in [-0.25, -0.2) is 4.79 Å².